The SMILES string of the molecule is O=c1n(CCOCCOCCOCCCl)c(=O)n(CCOCCOCCOCCCl)c(=O)n1CCOCCOCCOCCCl. The molecule has 1 heterocycles. The molecule has 0 bridgehead atoms. The minimum atomic E-state index is -0.750. The number of aromatic nitrogens is 3. The number of halogens is 3. The van der Waals surface area contributed by atoms with E-state index in [0.717, 1.165) is 13.7 Å². The van der Waals surface area contributed by atoms with Gasteiger partial charge in [-0.15, -0.1) is 34.8 Å². The Morgan fingerprint density at radius 1 is 0.311 bits per heavy atom. The maximum atomic E-state index is 13.1. The lowest BCUT2D eigenvalue weighted by Crippen LogP contribution is -2.55. The van der Waals surface area contributed by atoms with E-state index in [1.165, 1.54) is 0 Å². The summed E-state index contributed by atoms with van der Waals surface area (Å²) in [6.07, 6.45) is 0. The van der Waals surface area contributed by atoms with E-state index < -0.39 is 17.1 Å². The predicted octanol–water partition coefficient (Wildman–Crippen LogP) is 0.0375. The zero-order valence-corrected chi connectivity index (χ0v) is 28.1. The molecule has 0 fully saturated rings. The first kappa shape index (κ1) is 41.9. The van der Waals surface area contributed by atoms with Crippen molar-refractivity contribution < 1.29 is 42.6 Å². The lowest BCUT2D eigenvalue weighted by molar-refractivity contribution is 0.0133. The van der Waals surface area contributed by atoms with Gasteiger partial charge in [-0.05, 0) is 0 Å². The Labute approximate surface area is 278 Å². The molecule has 0 aliphatic rings. The van der Waals surface area contributed by atoms with Crippen LogP contribution in [-0.2, 0) is 62.3 Å². The zero-order chi connectivity index (χ0) is 32.8. The van der Waals surface area contributed by atoms with Gasteiger partial charge in [0.05, 0.1) is 139 Å². The topological polar surface area (TPSA) is 149 Å². The van der Waals surface area contributed by atoms with Crippen LogP contribution in [0, 0.1) is 0 Å². The number of alkyl halides is 3. The Bertz CT molecular complexity index is 858. The van der Waals surface area contributed by atoms with E-state index in [9.17, 15) is 14.4 Å². The van der Waals surface area contributed by atoms with Crippen LogP contribution in [0.4, 0.5) is 0 Å². The Balaban J connectivity index is 2.65. The van der Waals surface area contributed by atoms with Gasteiger partial charge in [-0.25, -0.2) is 28.1 Å². The molecular formula is C27H48Cl3N3O12. The number of hydrogen-bond acceptors (Lipinski definition) is 12. The molecule has 15 nitrogen and oxygen atoms in total. The van der Waals surface area contributed by atoms with Crippen LogP contribution in [0.5, 0.6) is 0 Å². The van der Waals surface area contributed by atoms with Gasteiger partial charge in [0, 0.05) is 17.6 Å². The average Bonchev–Trinajstić information content (AvgIpc) is 3.04. The first-order chi connectivity index (χ1) is 22.1. The normalized spacial score (nSPS) is 11.5. The van der Waals surface area contributed by atoms with Crippen LogP contribution in [0.2, 0.25) is 0 Å². The van der Waals surface area contributed by atoms with Crippen molar-refractivity contribution in [2.75, 3.05) is 137 Å². The van der Waals surface area contributed by atoms with Crippen molar-refractivity contribution in [3.63, 3.8) is 0 Å². The second-order valence-electron chi connectivity index (χ2n) is 8.88. The van der Waals surface area contributed by atoms with E-state index in [-0.39, 0.29) is 59.3 Å². The number of ether oxygens (including phenoxy) is 9. The third-order valence-electron chi connectivity index (χ3n) is 5.66. The molecule has 0 saturated carbocycles. The molecule has 1 aromatic heterocycles. The number of hydrogen-bond donors (Lipinski definition) is 0. The minimum Gasteiger partial charge on any atom is -0.378 e. The molecule has 0 aromatic carbocycles. The Morgan fingerprint density at radius 3 is 0.689 bits per heavy atom. The monoisotopic (exact) mass is 711 g/mol. The molecule has 45 heavy (non-hydrogen) atoms. The maximum absolute atomic E-state index is 13.1. The molecule has 0 amide bonds. The molecule has 0 spiro atoms. The van der Waals surface area contributed by atoms with Crippen LogP contribution in [-0.4, -0.2) is 150 Å². The summed E-state index contributed by atoms with van der Waals surface area (Å²) in [5.41, 5.74) is -2.25. The molecule has 18 heteroatoms. The predicted molar refractivity (Wildman–Crippen MR) is 169 cm³/mol. The Morgan fingerprint density at radius 2 is 0.489 bits per heavy atom. The highest BCUT2D eigenvalue weighted by atomic mass is 35.5. The largest absolute Gasteiger partial charge is 0.378 e. The second kappa shape index (κ2) is 30.3. The van der Waals surface area contributed by atoms with Gasteiger partial charge in [-0.1, -0.05) is 0 Å². The molecule has 0 aliphatic carbocycles. The summed E-state index contributed by atoms with van der Waals surface area (Å²) in [6, 6.07) is 0. The van der Waals surface area contributed by atoms with E-state index in [2.05, 4.69) is 0 Å². The van der Waals surface area contributed by atoms with E-state index in [1.54, 1.807) is 0 Å². The van der Waals surface area contributed by atoms with E-state index in [1.807, 2.05) is 0 Å². The van der Waals surface area contributed by atoms with E-state index in [0.29, 0.717) is 96.9 Å². The van der Waals surface area contributed by atoms with Gasteiger partial charge in [-0.3, -0.25) is 0 Å². The minimum absolute atomic E-state index is 0.0578. The summed E-state index contributed by atoms with van der Waals surface area (Å²) >= 11 is 16.6. The highest BCUT2D eigenvalue weighted by molar-refractivity contribution is 6.18. The third-order valence-corrected chi connectivity index (χ3v) is 6.12. The molecular weight excluding hydrogens is 665 g/mol. The van der Waals surface area contributed by atoms with E-state index >= 15 is 0 Å². The van der Waals surface area contributed by atoms with Crippen molar-refractivity contribution in [1.82, 2.24) is 13.7 Å². The fourth-order valence-electron chi connectivity index (χ4n) is 3.51. The molecule has 1 aromatic rings. The second-order valence-corrected chi connectivity index (χ2v) is 10.0. The van der Waals surface area contributed by atoms with Gasteiger partial charge in [0.15, 0.2) is 0 Å². The fourth-order valence-corrected chi connectivity index (χ4v) is 3.84. The lowest BCUT2D eigenvalue weighted by Gasteiger charge is -2.15. The summed E-state index contributed by atoms with van der Waals surface area (Å²) in [4.78, 5) is 39.4. The summed E-state index contributed by atoms with van der Waals surface area (Å²) < 4.78 is 51.3. The highest BCUT2D eigenvalue weighted by Crippen LogP contribution is 1.88. The molecule has 0 saturated heterocycles. The lowest BCUT2D eigenvalue weighted by atomic mass is 10.5. The third kappa shape index (κ3) is 20.7. The van der Waals surface area contributed by atoms with Crippen LogP contribution in [0.25, 0.3) is 0 Å². The number of nitrogens with zero attached hydrogens (tertiary/aromatic N) is 3. The summed E-state index contributed by atoms with van der Waals surface area (Å²) in [7, 11) is 0. The van der Waals surface area contributed by atoms with Gasteiger partial charge in [0.25, 0.3) is 0 Å². The molecule has 264 valence electrons. The first-order valence-electron chi connectivity index (χ1n) is 14.9. The molecule has 0 atom stereocenters. The van der Waals surface area contributed by atoms with Gasteiger partial charge >= 0.3 is 17.1 Å². The molecule has 0 radical (unpaired) electrons. The standard InChI is InChI=1S/C27H48Cl3N3O12/c28-1-7-37-13-19-43-22-16-40-10-4-31-25(34)32(5-11-41-17-23-44-20-14-38-8-2-29)27(36)33(26(31)35)6-12-42-18-24-45-21-15-39-9-3-30/h1-24H2. The van der Waals surface area contributed by atoms with E-state index in [4.69, 9.17) is 77.4 Å². The maximum Gasteiger partial charge on any atom is 0.336 e. The average molecular weight is 713 g/mol. The zero-order valence-electron chi connectivity index (χ0n) is 25.8. The van der Waals surface area contributed by atoms with Gasteiger partial charge in [0.1, 0.15) is 0 Å². The Kier molecular flexibility index (Phi) is 28.2. The van der Waals surface area contributed by atoms with Gasteiger partial charge in [-0.2, -0.15) is 0 Å². The quantitative estimate of drug-likeness (QED) is 0.0716. The van der Waals surface area contributed by atoms with Crippen molar-refractivity contribution >= 4 is 34.8 Å². The van der Waals surface area contributed by atoms with Crippen molar-refractivity contribution in [3.05, 3.63) is 31.5 Å². The summed E-state index contributed by atoms with van der Waals surface area (Å²) in [6.45, 7) is 5.49. The van der Waals surface area contributed by atoms with Crippen molar-refractivity contribution in [2.45, 2.75) is 19.6 Å². The van der Waals surface area contributed by atoms with Crippen LogP contribution in [0.15, 0.2) is 14.4 Å². The molecule has 0 unspecified atom stereocenters. The Hall–Kier alpha value is -1.08. The molecule has 0 N–H and O–H groups in total. The highest BCUT2D eigenvalue weighted by Gasteiger charge is 2.15. The van der Waals surface area contributed by atoms with Crippen LogP contribution in [0.3, 0.4) is 0 Å². The summed E-state index contributed by atoms with van der Waals surface area (Å²) in [5.74, 6) is 1.25. The van der Waals surface area contributed by atoms with Crippen molar-refractivity contribution in [2.24, 2.45) is 0 Å². The molecule has 0 aliphatic heterocycles. The number of rotatable bonds is 33. The first-order valence-corrected chi connectivity index (χ1v) is 16.5. The summed E-state index contributed by atoms with van der Waals surface area (Å²) in [5, 5.41) is 0. The van der Waals surface area contributed by atoms with Crippen molar-refractivity contribution in [3.8, 4) is 0 Å². The van der Waals surface area contributed by atoms with Crippen LogP contribution < -0.4 is 17.1 Å². The molecule has 1 rings (SSSR count). The van der Waals surface area contributed by atoms with Gasteiger partial charge in [0.2, 0.25) is 0 Å². The smallest absolute Gasteiger partial charge is 0.336 e. The fraction of sp³-hybridized carbons (Fsp3) is 0.889. The van der Waals surface area contributed by atoms with Gasteiger partial charge < -0.3 is 42.6 Å². The van der Waals surface area contributed by atoms with Crippen LogP contribution in [0.1, 0.15) is 0 Å². The van der Waals surface area contributed by atoms with Crippen molar-refractivity contribution in [1.29, 1.82) is 0 Å². The van der Waals surface area contributed by atoms with Crippen LogP contribution >= 0.6 is 34.8 Å².